The van der Waals surface area contributed by atoms with Gasteiger partial charge in [0.2, 0.25) is 0 Å². The number of nitrogens with one attached hydrogen (secondary N) is 1. The van der Waals surface area contributed by atoms with Crippen LogP contribution in [0, 0.1) is 0 Å². The van der Waals surface area contributed by atoms with E-state index in [0.717, 1.165) is 17.6 Å². The molecule has 0 fully saturated rings. The number of benzene rings is 3. The van der Waals surface area contributed by atoms with E-state index in [-0.39, 0.29) is 12.0 Å². The standard InChI is InChI=1S/C24H24N2O2/c1-4-26-21-11-7-5-9-18(21)20-15-17(13-14-22(20)26)25-24(27)19-10-6-8-12-23(19)28-16(2)3/h5-16H,4H2,1-3H3,(H,25,27). The minimum absolute atomic E-state index is 0.00507. The zero-order chi connectivity index (χ0) is 19.7. The van der Waals surface area contributed by atoms with Crippen molar-refractivity contribution in [2.75, 3.05) is 5.32 Å². The molecule has 0 bridgehead atoms. The Hall–Kier alpha value is -3.27. The molecule has 0 unspecified atom stereocenters. The second kappa shape index (κ2) is 7.39. The van der Waals surface area contributed by atoms with Crippen molar-refractivity contribution in [3.63, 3.8) is 0 Å². The summed E-state index contributed by atoms with van der Waals surface area (Å²) in [6.07, 6.45) is 0.00507. The number of anilines is 1. The first kappa shape index (κ1) is 18.1. The number of amides is 1. The summed E-state index contributed by atoms with van der Waals surface area (Å²) < 4.78 is 8.08. The van der Waals surface area contributed by atoms with E-state index in [4.69, 9.17) is 4.74 Å². The van der Waals surface area contributed by atoms with E-state index in [1.165, 1.54) is 16.4 Å². The number of aromatic nitrogens is 1. The predicted molar refractivity (Wildman–Crippen MR) is 115 cm³/mol. The number of fused-ring (bicyclic) bond motifs is 3. The summed E-state index contributed by atoms with van der Waals surface area (Å²) in [5, 5.41) is 5.36. The topological polar surface area (TPSA) is 43.3 Å². The number of para-hydroxylation sites is 2. The number of nitrogens with zero attached hydrogens (tertiary/aromatic N) is 1. The molecular formula is C24H24N2O2. The Balaban J connectivity index is 1.71. The van der Waals surface area contributed by atoms with Crippen LogP contribution >= 0.6 is 0 Å². The highest BCUT2D eigenvalue weighted by Gasteiger charge is 2.15. The van der Waals surface area contributed by atoms with Crippen LogP contribution in [0.3, 0.4) is 0 Å². The number of rotatable bonds is 5. The van der Waals surface area contributed by atoms with E-state index in [0.29, 0.717) is 11.3 Å². The molecule has 0 saturated heterocycles. The molecular weight excluding hydrogens is 348 g/mol. The molecule has 1 heterocycles. The predicted octanol–water partition coefficient (Wildman–Crippen LogP) is 5.85. The van der Waals surface area contributed by atoms with Gasteiger partial charge in [0.15, 0.2) is 0 Å². The Morgan fingerprint density at radius 3 is 2.46 bits per heavy atom. The minimum Gasteiger partial charge on any atom is -0.490 e. The quantitative estimate of drug-likeness (QED) is 0.477. The first-order chi connectivity index (χ1) is 13.6. The van der Waals surface area contributed by atoms with Crippen molar-refractivity contribution in [3.05, 3.63) is 72.3 Å². The van der Waals surface area contributed by atoms with E-state index in [1.54, 1.807) is 6.07 Å². The van der Waals surface area contributed by atoms with Gasteiger partial charge in [-0.3, -0.25) is 4.79 Å². The smallest absolute Gasteiger partial charge is 0.259 e. The molecule has 4 aromatic rings. The molecule has 1 amide bonds. The van der Waals surface area contributed by atoms with Gasteiger partial charge in [-0.25, -0.2) is 0 Å². The Morgan fingerprint density at radius 2 is 1.68 bits per heavy atom. The van der Waals surface area contributed by atoms with Gasteiger partial charge in [-0.2, -0.15) is 0 Å². The summed E-state index contributed by atoms with van der Waals surface area (Å²) in [7, 11) is 0. The number of hydrogen-bond acceptors (Lipinski definition) is 2. The fourth-order valence-corrected chi connectivity index (χ4v) is 3.68. The molecule has 0 spiro atoms. The van der Waals surface area contributed by atoms with Crippen molar-refractivity contribution in [2.24, 2.45) is 0 Å². The van der Waals surface area contributed by atoms with Crippen molar-refractivity contribution in [1.29, 1.82) is 0 Å². The summed E-state index contributed by atoms with van der Waals surface area (Å²) in [6.45, 7) is 6.95. The summed E-state index contributed by atoms with van der Waals surface area (Å²) in [4.78, 5) is 12.9. The van der Waals surface area contributed by atoms with Crippen molar-refractivity contribution in [2.45, 2.75) is 33.4 Å². The maximum absolute atomic E-state index is 12.9. The van der Waals surface area contributed by atoms with Gasteiger partial charge >= 0.3 is 0 Å². The fourth-order valence-electron chi connectivity index (χ4n) is 3.68. The maximum atomic E-state index is 12.9. The highest BCUT2D eigenvalue weighted by molar-refractivity contribution is 6.11. The molecule has 0 radical (unpaired) electrons. The molecule has 0 aliphatic heterocycles. The van der Waals surface area contributed by atoms with E-state index in [2.05, 4.69) is 41.1 Å². The molecule has 1 N–H and O–H groups in total. The van der Waals surface area contributed by atoms with Crippen LogP contribution < -0.4 is 10.1 Å². The van der Waals surface area contributed by atoms with E-state index in [9.17, 15) is 4.79 Å². The van der Waals surface area contributed by atoms with E-state index in [1.807, 2.05) is 50.2 Å². The summed E-state index contributed by atoms with van der Waals surface area (Å²) in [5.41, 5.74) is 3.69. The summed E-state index contributed by atoms with van der Waals surface area (Å²) in [5.74, 6) is 0.425. The lowest BCUT2D eigenvalue weighted by Gasteiger charge is -2.14. The lowest BCUT2D eigenvalue weighted by molar-refractivity contribution is 0.102. The molecule has 142 valence electrons. The van der Waals surface area contributed by atoms with Crippen molar-refractivity contribution >= 4 is 33.4 Å². The van der Waals surface area contributed by atoms with Crippen LogP contribution in [0.1, 0.15) is 31.1 Å². The van der Waals surface area contributed by atoms with Crippen LogP contribution in [0.25, 0.3) is 21.8 Å². The lowest BCUT2D eigenvalue weighted by Crippen LogP contribution is -2.15. The van der Waals surface area contributed by atoms with Crippen LogP contribution in [-0.2, 0) is 6.54 Å². The average Bonchev–Trinajstić information content (AvgIpc) is 3.01. The number of carbonyl (C=O) groups is 1. The molecule has 4 heteroatoms. The molecule has 3 aromatic carbocycles. The van der Waals surface area contributed by atoms with Gasteiger partial charge in [0.25, 0.3) is 5.91 Å². The third-order valence-electron chi connectivity index (χ3n) is 4.84. The molecule has 4 rings (SSSR count). The van der Waals surface area contributed by atoms with Crippen LogP contribution in [0.5, 0.6) is 5.75 Å². The second-order valence-electron chi connectivity index (χ2n) is 7.11. The molecule has 28 heavy (non-hydrogen) atoms. The second-order valence-corrected chi connectivity index (χ2v) is 7.11. The van der Waals surface area contributed by atoms with Gasteiger partial charge < -0.3 is 14.6 Å². The fraction of sp³-hybridized carbons (Fsp3) is 0.208. The Labute approximate surface area is 164 Å². The van der Waals surface area contributed by atoms with Crippen molar-refractivity contribution in [1.82, 2.24) is 4.57 Å². The molecule has 0 saturated carbocycles. The number of ether oxygens (including phenoxy) is 1. The normalized spacial score (nSPS) is 11.3. The summed E-state index contributed by atoms with van der Waals surface area (Å²) in [6, 6.07) is 21.8. The number of hydrogen-bond donors (Lipinski definition) is 1. The lowest BCUT2D eigenvalue weighted by atomic mass is 10.1. The molecule has 0 aliphatic carbocycles. The van der Waals surface area contributed by atoms with E-state index >= 15 is 0 Å². The van der Waals surface area contributed by atoms with Gasteiger partial charge in [-0.15, -0.1) is 0 Å². The van der Waals surface area contributed by atoms with Gasteiger partial charge in [0.1, 0.15) is 5.75 Å². The van der Waals surface area contributed by atoms with Gasteiger partial charge in [0, 0.05) is 34.0 Å². The van der Waals surface area contributed by atoms with Crippen LogP contribution in [-0.4, -0.2) is 16.6 Å². The van der Waals surface area contributed by atoms with Gasteiger partial charge in [0.05, 0.1) is 11.7 Å². The molecule has 0 atom stereocenters. The van der Waals surface area contributed by atoms with Gasteiger partial charge in [-0.1, -0.05) is 30.3 Å². The first-order valence-electron chi connectivity index (χ1n) is 9.66. The third kappa shape index (κ3) is 3.22. The van der Waals surface area contributed by atoms with Crippen molar-refractivity contribution < 1.29 is 9.53 Å². The van der Waals surface area contributed by atoms with Crippen LogP contribution in [0.4, 0.5) is 5.69 Å². The SMILES string of the molecule is CCn1c2ccccc2c2cc(NC(=O)c3ccccc3OC(C)C)ccc21. The summed E-state index contributed by atoms with van der Waals surface area (Å²) >= 11 is 0. The Bertz CT molecular complexity index is 1160. The maximum Gasteiger partial charge on any atom is 0.259 e. The largest absolute Gasteiger partial charge is 0.490 e. The minimum atomic E-state index is -0.171. The van der Waals surface area contributed by atoms with Crippen LogP contribution in [0.15, 0.2) is 66.7 Å². The Kier molecular flexibility index (Phi) is 4.78. The van der Waals surface area contributed by atoms with Crippen LogP contribution in [0.2, 0.25) is 0 Å². The molecule has 0 aliphatic rings. The highest BCUT2D eigenvalue weighted by Crippen LogP contribution is 2.31. The average molecular weight is 372 g/mol. The molecule has 1 aromatic heterocycles. The third-order valence-corrected chi connectivity index (χ3v) is 4.84. The molecule has 4 nitrogen and oxygen atoms in total. The zero-order valence-corrected chi connectivity index (χ0v) is 16.4. The van der Waals surface area contributed by atoms with E-state index < -0.39 is 0 Å². The number of carbonyl (C=O) groups excluding carboxylic acids is 1. The first-order valence-corrected chi connectivity index (χ1v) is 9.66. The highest BCUT2D eigenvalue weighted by atomic mass is 16.5. The van der Waals surface area contributed by atoms with Crippen molar-refractivity contribution in [3.8, 4) is 5.75 Å². The zero-order valence-electron chi connectivity index (χ0n) is 16.4. The number of aryl methyl sites for hydroxylation is 1. The Morgan fingerprint density at radius 1 is 0.964 bits per heavy atom. The van der Waals surface area contributed by atoms with Gasteiger partial charge in [-0.05, 0) is 57.2 Å². The monoisotopic (exact) mass is 372 g/mol.